The number of nitrogens with zero attached hydrogens (tertiary/aromatic N) is 3. The number of rotatable bonds is 4. The molecule has 8 heteroatoms. The van der Waals surface area contributed by atoms with Gasteiger partial charge < -0.3 is 16.0 Å². The summed E-state index contributed by atoms with van der Waals surface area (Å²) >= 11 is 0. The smallest absolute Gasteiger partial charge is 0.384 e. The molecular weight excluding hydrogens is 307 g/mol. The van der Waals surface area contributed by atoms with Gasteiger partial charge in [-0.15, -0.1) is 0 Å². The van der Waals surface area contributed by atoms with E-state index in [4.69, 9.17) is 5.73 Å². The minimum absolute atomic E-state index is 0.149. The first-order valence-electron chi connectivity index (χ1n) is 6.88. The molecule has 124 valence electrons. The molecule has 3 N–H and O–H groups in total. The minimum atomic E-state index is -4.45. The second-order valence-corrected chi connectivity index (χ2v) is 5.36. The van der Waals surface area contributed by atoms with Crippen molar-refractivity contribution in [1.29, 1.82) is 0 Å². The van der Waals surface area contributed by atoms with Crippen LogP contribution in [0.1, 0.15) is 11.1 Å². The van der Waals surface area contributed by atoms with Crippen LogP contribution in [0.4, 0.5) is 24.8 Å². The van der Waals surface area contributed by atoms with E-state index in [1.54, 1.807) is 32.1 Å². The molecule has 0 aliphatic heterocycles. The Kier molecular flexibility index (Phi) is 4.74. The predicted octanol–water partition coefficient (Wildman–Crippen LogP) is 2.85. The zero-order valence-electron chi connectivity index (χ0n) is 13.1. The maximum absolute atomic E-state index is 13.3. The molecular formula is C15H18F3N5. The van der Waals surface area contributed by atoms with Crippen molar-refractivity contribution in [2.75, 3.05) is 32.2 Å². The average molecular weight is 325 g/mol. The van der Waals surface area contributed by atoms with Crippen LogP contribution in [0.25, 0.3) is 11.4 Å². The maximum Gasteiger partial charge on any atom is 0.416 e. The highest BCUT2D eigenvalue weighted by Gasteiger charge is 2.33. The van der Waals surface area contributed by atoms with Gasteiger partial charge in [-0.3, -0.25) is 0 Å². The van der Waals surface area contributed by atoms with Crippen LogP contribution in [0.15, 0.2) is 24.3 Å². The van der Waals surface area contributed by atoms with Gasteiger partial charge in [0.2, 0.25) is 0 Å². The van der Waals surface area contributed by atoms with E-state index in [1.807, 2.05) is 0 Å². The molecule has 2 rings (SSSR count). The van der Waals surface area contributed by atoms with Crippen LogP contribution in [0, 0.1) is 0 Å². The molecule has 0 aliphatic carbocycles. The largest absolute Gasteiger partial charge is 0.416 e. The third-order valence-electron chi connectivity index (χ3n) is 3.16. The van der Waals surface area contributed by atoms with Gasteiger partial charge in [-0.2, -0.15) is 13.2 Å². The Morgan fingerprint density at radius 3 is 2.43 bits per heavy atom. The van der Waals surface area contributed by atoms with Crippen molar-refractivity contribution in [3.05, 3.63) is 35.4 Å². The van der Waals surface area contributed by atoms with Crippen LogP contribution in [0.3, 0.4) is 0 Å². The molecule has 0 atom stereocenters. The van der Waals surface area contributed by atoms with Crippen molar-refractivity contribution in [1.82, 2.24) is 14.9 Å². The Morgan fingerprint density at radius 2 is 1.87 bits per heavy atom. The summed E-state index contributed by atoms with van der Waals surface area (Å²) in [4.78, 5) is 9.85. The molecule has 0 bridgehead atoms. The predicted molar refractivity (Wildman–Crippen MR) is 83.8 cm³/mol. The summed E-state index contributed by atoms with van der Waals surface area (Å²) in [6, 6.07) is 5.59. The summed E-state index contributed by atoms with van der Waals surface area (Å²) in [6.07, 6.45) is -4.45. The highest BCUT2D eigenvalue weighted by molar-refractivity contribution is 5.62. The Bertz CT molecular complexity index is 698. The van der Waals surface area contributed by atoms with Crippen LogP contribution in [-0.2, 0) is 12.7 Å². The van der Waals surface area contributed by atoms with Crippen molar-refractivity contribution in [3.8, 4) is 11.4 Å². The monoisotopic (exact) mass is 325 g/mol. The van der Waals surface area contributed by atoms with Crippen molar-refractivity contribution in [3.63, 3.8) is 0 Å². The number of anilines is 2. The van der Waals surface area contributed by atoms with Gasteiger partial charge in [-0.25, -0.2) is 9.97 Å². The van der Waals surface area contributed by atoms with E-state index in [9.17, 15) is 13.2 Å². The molecule has 0 spiro atoms. The minimum Gasteiger partial charge on any atom is -0.384 e. The van der Waals surface area contributed by atoms with Gasteiger partial charge in [-0.1, -0.05) is 12.1 Å². The fourth-order valence-electron chi connectivity index (χ4n) is 2.18. The third kappa shape index (κ3) is 4.10. The molecule has 5 nitrogen and oxygen atoms in total. The lowest BCUT2D eigenvalue weighted by atomic mass is 10.0. The summed E-state index contributed by atoms with van der Waals surface area (Å²) < 4.78 is 40.0. The lowest BCUT2D eigenvalue weighted by Crippen LogP contribution is -2.16. The van der Waals surface area contributed by atoms with Gasteiger partial charge in [-0.05, 0) is 25.7 Å². The Morgan fingerprint density at radius 1 is 1.17 bits per heavy atom. The van der Waals surface area contributed by atoms with Gasteiger partial charge in [0, 0.05) is 25.2 Å². The molecule has 1 heterocycles. The van der Waals surface area contributed by atoms with Crippen molar-refractivity contribution >= 4 is 11.6 Å². The lowest BCUT2D eigenvalue weighted by Gasteiger charge is -2.17. The Balaban J connectivity index is 2.55. The second kappa shape index (κ2) is 6.41. The SMILES string of the molecule is CNc1cc(N)nc(-c2ccc(CN(C)C)c(C(F)(F)F)c2)n1. The number of halogens is 3. The van der Waals surface area contributed by atoms with Gasteiger partial charge in [0.25, 0.3) is 0 Å². The van der Waals surface area contributed by atoms with Crippen molar-refractivity contribution in [2.24, 2.45) is 0 Å². The first-order valence-corrected chi connectivity index (χ1v) is 6.88. The molecule has 0 unspecified atom stereocenters. The number of aromatic nitrogens is 2. The number of nitrogens with two attached hydrogens (primary N) is 1. The lowest BCUT2D eigenvalue weighted by molar-refractivity contribution is -0.138. The first-order chi connectivity index (χ1) is 10.7. The zero-order chi connectivity index (χ0) is 17.2. The molecule has 2 aromatic rings. The summed E-state index contributed by atoms with van der Waals surface area (Å²) in [7, 11) is 5.08. The number of nitrogens with one attached hydrogen (secondary N) is 1. The summed E-state index contributed by atoms with van der Waals surface area (Å²) in [6.45, 7) is 0.189. The Hall–Kier alpha value is -2.35. The molecule has 0 saturated carbocycles. The van der Waals surface area contributed by atoms with E-state index in [-0.39, 0.29) is 29.3 Å². The highest BCUT2D eigenvalue weighted by Crippen LogP contribution is 2.35. The van der Waals surface area contributed by atoms with Crippen LogP contribution in [0.2, 0.25) is 0 Å². The fraction of sp³-hybridized carbons (Fsp3) is 0.333. The van der Waals surface area contributed by atoms with Crippen LogP contribution in [-0.4, -0.2) is 36.0 Å². The molecule has 0 amide bonds. The summed E-state index contributed by atoms with van der Waals surface area (Å²) in [5, 5.41) is 2.80. The van der Waals surface area contributed by atoms with E-state index in [1.165, 1.54) is 12.1 Å². The van der Waals surface area contributed by atoms with Gasteiger partial charge >= 0.3 is 6.18 Å². The van der Waals surface area contributed by atoms with Crippen LogP contribution in [0.5, 0.6) is 0 Å². The topological polar surface area (TPSA) is 67.1 Å². The van der Waals surface area contributed by atoms with E-state index in [0.717, 1.165) is 6.07 Å². The number of alkyl halides is 3. The third-order valence-corrected chi connectivity index (χ3v) is 3.16. The van der Waals surface area contributed by atoms with Crippen LogP contribution >= 0.6 is 0 Å². The Labute approximate surface area is 132 Å². The summed E-state index contributed by atoms with van der Waals surface area (Å²) in [5.41, 5.74) is 5.44. The number of hydrogen-bond donors (Lipinski definition) is 2. The van der Waals surface area contributed by atoms with E-state index in [0.29, 0.717) is 5.82 Å². The molecule has 0 saturated heterocycles. The van der Waals surface area contributed by atoms with Crippen LogP contribution < -0.4 is 11.1 Å². The summed E-state index contributed by atoms with van der Waals surface area (Å²) in [5.74, 6) is 0.778. The highest BCUT2D eigenvalue weighted by atomic mass is 19.4. The van der Waals surface area contributed by atoms with Crippen molar-refractivity contribution < 1.29 is 13.2 Å². The first kappa shape index (κ1) is 17.0. The average Bonchev–Trinajstić information content (AvgIpc) is 2.45. The quantitative estimate of drug-likeness (QED) is 0.905. The second-order valence-electron chi connectivity index (χ2n) is 5.36. The van der Waals surface area contributed by atoms with E-state index in [2.05, 4.69) is 15.3 Å². The van der Waals surface area contributed by atoms with E-state index >= 15 is 0 Å². The number of benzene rings is 1. The zero-order valence-corrected chi connectivity index (χ0v) is 13.1. The van der Waals surface area contributed by atoms with Gasteiger partial charge in [0.15, 0.2) is 5.82 Å². The number of hydrogen-bond acceptors (Lipinski definition) is 5. The van der Waals surface area contributed by atoms with Crippen molar-refractivity contribution in [2.45, 2.75) is 12.7 Å². The number of nitrogen functional groups attached to an aromatic ring is 1. The molecule has 0 fully saturated rings. The molecule has 0 radical (unpaired) electrons. The molecule has 23 heavy (non-hydrogen) atoms. The maximum atomic E-state index is 13.3. The molecule has 1 aromatic carbocycles. The fourth-order valence-corrected chi connectivity index (χ4v) is 2.18. The molecule has 1 aromatic heterocycles. The standard InChI is InChI=1S/C15H18F3N5/c1-20-13-7-12(19)21-14(22-13)9-4-5-10(8-23(2)3)11(6-9)15(16,17)18/h4-7H,8H2,1-3H3,(H3,19,20,21,22). The van der Waals surface area contributed by atoms with E-state index < -0.39 is 11.7 Å². The van der Waals surface area contributed by atoms with Gasteiger partial charge in [0.05, 0.1) is 5.56 Å². The normalized spacial score (nSPS) is 11.8. The molecule has 0 aliphatic rings. The van der Waals surface area contributed by atoms with Gasteiger partial charge in [0.1, 0.15) is 11.6 Å².